The van der Waals surface area contributed by atoms with Crippen molar-refractivity contribution in [2.75, 3.05) is 68.5 Å². The number of H-pyrrole nitrogens is 1. The van der Waals surface area contributed by atoms with Gasteiger partial charge in [-0.15, -0.1) is 0 Å². The lowest BCUT2D eigenvalue weighted by atomic mass is 10.1. The molecule has 11 nitrogen and oxygen atoms in total. The molecule has 1 fully saturated rings. The van der Waals surface area contributed by atoms with E-state index in [2.05, 4.69) is 44.5 Å². The van der Waals surface area contributed by atoms with E-state index in [1.807, 2.05) is 19.2 Å². The van der Waals surface area contributed by atoms with Gasteiger partial charge in [0, 0.05) is 87.6 Å². The topological polar surface area (TPSA) is 123 Å². The quantitative estimate of drug-likeness (QED) is 0.270. The second-order valence-corrected chi connectivity index (χ2v) is 13.3. The molecule has 0 aliphatic carbocycles. The van der Waals surface area contributed by atoms with E-state index in [0.29, 0.717) is 48.2 Å². The third kappa shape index (κ3) is 7.63. The van der Waals surface area contributed by atoms with E-state index in [4.69, 9.17) is 4.74 Å². The van der Waals surface area contributed by atoms with Crippen LogP contribution in [0.15, 0.2) is 41.3 Å². The lowest BCUT2D eigenvalue weighted by Crippen LogP contribution is -2.36. The van der Waals surface area contributed by atoms with Gasteiger partial charge in [-0.2, -0.15) is 9.40 Å². The maximum Gasteiger partial charge on any atom is 0.258 e. The summed E-state index contributed by atoms with van der Waals surface area (Å²) >= 11 is 0. The van der Waals surface area contributed by atoms with Crippen molar-refractivity contribution in [3.05, 3.63) is 64.9 Å². The number of benzene rings is 2. The molecule has 45 heavy (non-hydrogen) atoms. The number of nitrogens with zero attached hydrogens (tertiary/aromatic N) is 4. The number of ether oxygens (including phenoxy) is 1. The number of nitrogens with one attached hydrogen (secondary N) is 3. The molecular formula is C31H41F2N7O4S. The fourth-order valence-corrected chi connectivity index (χ4v) is 7.14. The Morgan fingerprint density at radius 1 is 1.09 bits per heavy atom. The molecule has 2 aliphatic heterocycles. The number of halogens is 2. The van der Waals surface area contributed by atoms with Crippen LogP contribution >= 0.6 is 0 Å². The number of anilines is 3. The first kappa shape index (κ1) is 32.8. The van der Waals surface area contributed by atoms with E-state index in [-0.39, 0.29) is 24.9 Å². The molecule has 0 unspecified atom stereocenters. The summed E-state index contributed by atoms with van der Waals surface area (Å²) in [6.45, 7) is 9.24. The molecule has 5 rings (SSSR count). The number of sulfonamides is 1. The summed E-state index contributed by atoms with van der Waals surface area (Å²) in [6.07, 6.45) is 1.92. The highest BCUT2D eigenvalue weighted by Gasteiger charge is 2.32. The molecule has 0 bridgehead atoms. The third-order valence-electron chi connectivity index (χ3n) is 8.52. The zero-order valence-electron chi connectivity index (χ0n) is 25.9. The van der Waals surface area contributed by atoms with Crippen molar-refractivity contribution in [3.8, 4) is 0 Å². The first-order valence-electron chi connectivity index (χ1n) is 15.3. The van der Waals surface area contributed by atoms with Crippen molar-refractivity contribution in [1.29, 1.82) is 0 Å². The Hall–Kier alpha value is -3.59. The van der Waals surface area contributed by atoms with Crippen molar-refractivity contribution in [2.45, 2.75) is 50.6 Å². The van der Waals surface area contributed by atoms with Gasteiger partial charge in [-0.1, -0.05) is 13.8 Å². The number of aromatic nitrogens is 2. The highest BCUT2D eigenvalue weighted by atomic mass is 32.2. The minimum Gasteiger partial charge on any atom is -0.381 e. The predicted molar refractivity (Wildman–Crippen MR) is 169 cm³/mol. The summed E-state index contributed by atoms with van der Waals surface area (Å²) in [7, 11) is -2.17. The molecule has 2 aromatic carbocycles. The number of likely N-dealkylation sites (N-methyl/N-ethyl adjacent to an activating group) is 2. The average Bonchev–Trinajstić information content (AvgIpc) is 3.43. The Balaban J connectivity index is 1.36. The summed E-state index contributed by atoms with van der Waals surface area (Å²) in [5.74, 6) is -2.15. The van der Waals surface area contributed by atoms with E-state index in [1.165, 1.54) is 0 Å². The molecule has 1 amide bonds. The largest absolute Gasteiger partial charge is 0.381 e. The Morgan fingerprint density at radius 3 is 2.49 bits per heavy atom. The molecular weight excluding hydrogens is 604 g/mol. The lowest BCUT2D eigenvalue weighted by molar-refractivity contribution is 0.0904. The van der Waals surface area contributed by atoms with Crippen molar-refractivity contribution in [3.63, 3.8) is 0 Å². The van der Waals surface area contributed by atoms with Gasteiger partial charge in [0.15, 0.2) is 5.82 Å². The van der Waals surface area contributed by atoms with Crippen LogP contribution in [0.3, 0.4) is 0 Å². The van der Waals surface area contributed by atoms with Crippen molar-refractivity contribution >= 4 is 33.1 Å². The zero-order valence-corrected chi connectivity index (χ0v) is 26.7. The van der Waals surface area contributed by atoms with E-state index >= 15 is 0 Å². The Kier molecular flexibility index (Phi) is 10.4. The second-order valence-electron chi connectivity index (χ2n) is 11.4. The molecule has 244 valence electrons. The van der Waals surface area contributed by atoms with Crippen LogP contribution in [0, 0.1) is 11.6 Å². The van der Waals surface area contributed by atoms with Gasteiger partial charge < -0.3 is 25.2 Å². The number of rotatable bonds is 12. The second kappa shape index (κ2) is 14.2. The number of fused-ring (bicyclic) bond motifs is 1. The molecule has 0 saturated carbocycles. The molecule has 2 aliphatic rings. The van der Waals surface area contributed by atoms with Gasteiger partial charge in [-0.25, -0.2) is 17.2 Å². The molecule has 0 atom stereocenters. The molecule has 0 spiro atoms. The normalized spacial score (nSPS) is 16.0. The SMILES string of the molecule is CCN(CC)CCN(C)c1ccc(C(=O)Nc2n[nH]c3c2CN(S(=O)(=O)c2cc(F)cc(F)c2)CC3)c(NC2CCOCC2)c1. The van der Waals surface area contributed by atoms with Crippen LogP contribution < -0.4 is 15.5 Å². The fraction of sp³-hybridized carbons (Fsp3) is 0.484. The summed E-state index contributed by atoms with van der Waals surface area (Å²) < 4.78 is 60.9. The summed E-state index contributed by atoms with van der Waals surface area (Å²) in [5, 5.41) is 13.6. The lowest BCUT2D eigenvalue weighted by Gasteiger charge is -2.28. The minimum absolute atomic E-state index is 0.0888. The van der Waals surface area contributed by atoms with E-state index in [0.717, 1.165) is 61.1 Å². The van der Waals surface area contributed by atoms with Crippen molar-refractivity contribution in [2.24, 2.45) is 0 Å². The molecule has 3 N–H and O–H groups in total. The third-order valence-corrected chi connectivity index (χ3v) is 10.3. The highest BCUT2D eigenvalue weighted by molar-refractivity contribution is 7.89. The van der Waals surface area contributed by atoms with Crippen LogP contribution in [0.5, 0.6) is 0 Å². The summed E-state index contributed by atoms with van der Waals surface area (Å²) in [4.78, 5) is 17.8. The Bertz CT molecular complexity index is 1590. The van der Waals surface area contributed by atoms with Crippen LogP contribution in [0.25, 0.3) is 0 Å². The van der Waals surface area contributed by atoms with Crippen molar-refractivity contribution < 1.29 is 26.7 Å². The van der Waals surface area contributed by atoms with Crippen molar-refractivity contribution in [1.82, 2.24) is 19.4 Å². The molecule has 1 aromatic heterocycles. The minimum atomic E-state index is -4.20. The summed E-state index contributed by atoms with van der Waals surface area (Å²) in [6, 6.07) is 8.05. The number of aromatic amines is 1. The van der Waals surface area contributed by atoms with E-state index in [9.17, 15) is 22.0 Å². The first-order chi connectivity index (χ1) is 21.6. The molecule has 14 heteroatoms. The number of hydrogen-bond acceptors (Lipinski definition) is 8. The fourth-order valence-electron chi connectivity index (χ4n) is 5.69. The molecule has 1 saturated heterocycles. The number of amides is 1. The molecule has 0 radical (unpaired) electrons. The Morgan fingerprint density at radius 2 is 1.80 bits per heavy atom. The van der Waals surface area contributed by atoms with Gasteiger partial charge >= 0.3 is 0 Å². The van der Waals surface area contributed by atoms with Gasteiger partial charge in [0.05, 0.1) is 10.5 Å². The predicted octanol–water partition coefficient (Wildman–Crippen LogP) is 4.06. The smallest absolute Gasteiger partial charge is 0.258 e. The monoisotopic (exact) mass is 645 g/mol. The highest BCUT2D eigenvalue weighted by Crippen LogP contribution is 2.31. The summed E-state index contributed by atoms with van der Waals surface area (Å²) in [5.41, 5.74) is 3.28. The van der Waals surface area contributed by atoms with Gasteiger partial charge in [-0.05, 0) is 56.3 Å². The van der Waals surface area contributed by atoms with Crippen LogP contribution in [0.1, 0.15) is 48.3 Å². The maximum atomic E-state index is 13.8. The number of carbonyl (C=O) groups is 1. The van der Waals surface area contributed by atoms with Gasteiger partial charge in [0.2, 0.25) is 10.0 Å². The van der Waals surface area contributed by atoms with E-state index < -0.39 is 32.5 Å². The van der Waals surface area contributed by atoms with Gasteiger partial charge in [0.25, 0.3) is 5.91 Å². The number of carbonyl (C=O) groups excluding carboxylic acids is 1. The Labute approximate surface area is 263 Å². The van der Waals surface area contributed by atoms with Gasteiger partial charge in [0.1, 0.15) is 11.6 Å². The van der Waals surface area contributed by atoms with E-state index in [1.54, 1.807) is 6.07 Å². The van der Waals surface area contributed by atoms with Gasteiger partial charge in [-0.3, -0.25) is 9.89 Å². The number of hydrogen-bond donors (Lipinski definition) is 3. The van der Waals surface area contributed by atoms with Crippen LogP contribution in [-0.2, 0) is 27.7 Å². The van der Waals surface area contributed by atoms with Crippen LogP contribution in [-0.4, -0.2) is 92.8 Å². The maximum absolute atomic E-state index is 13.8. The standard InChI is InChI=1S/C31H41F2N7O4S/c1-4-39(5-2)13-12-38(3)24-6-7-26(29(19-24)34-23-9-14-44-15-10-23)31(41)35-30-27-20-40(11-8-28(27)36-37-30)45(42,43)25-17-21(32)16-22(33)18-25/h6-7,16-19,23,34H,4-5,8-15,20H2,1-3H3,(H2,35,36,37,41). The molecule has 3 aromatic rings. The average molecular weight is 646 g/mol. The zero-order chi connectivity index (χ0) is 32.1. The first-order valence-corrected chi connectivity index (χ1v) is 16.8. The van der Waals surface area contributed by atoms with Crippen LogP contribution in [0.2, 0.25) is 0 Å². The molecule has 3 heterocycles. The van der Waals surface area contributed by atoms with Crippen LogP contribution in [0.4, 0.5) is 26.0 Å².